The number of halogens is 1. The third-order valence-corrected chi connectivity index (χ3v) is 7.67. The smallest absolute Gasteiger partial charge is 0.159 e. The molecule has 1 aromatic heterocycles. The molecule has 4 heteroatoms. The number of aromatic nitrogens is 2. The van der Waals surface area contributed by atoms with Crippen LogP contribution in [0.25, 0.3) is 22.5 Å². The fourth-order valence-corrected chi connectivity index (χ4v) is 5.07. The average Bonchev–Trinajstić information content (AvgIpc) is 3.00. The van der Waals surface area contributed by atoms with E-state index in [-0.39, 0.29) is 6.61 Å². The lowest BCUT2D eigenvalue weighted by atomic mass is 10.0. The predicted molar refractivity (Wildman–Crippen MR) is 168 cm³/mol. The van der Waals surface area contributed by atoms with Gasteiger partial charge in [-0.05, 0) is 54.7 Å². The van der Waals surface area contributed by atoms with Gasteiger partial charge in [0, 0.05) is 23.5 Å². The standard InChI is InChI=1S/C36H51FN2O/c1-3-5-7-9-11-12-13-15-17-30-19-21-31(22-20-30)33-27-38-36(39-28-33)32-23-25-35(26-24-32)40-29-34(37)18-16-14-10-8-6-4-2/h19-28,34H,3-18,29H2,1-2H3. The van der Waals surface area contributed by atoms with Gasteiger partial charge in [0.05, 0.1) is 0 Å². The third-order valence-electron chi connectivity index (χ3n) is 7.67. The van der Waals surface area contributed by atoms with Gasteiger partial charge in [0.15, 0.2) is 5.82 Å². The van der Waals surface area contributed by atoms with Crippen LogP contribution in [0.3, 0.4) is 0 Å². The Morgan fingerprint density at radius 2 is 1.12 bits per heavy atom. The first kappa shape index (κ1) is 31.8. The van der Waals surface area contributed by atoms with Crippen molar-refractivity contribution in [2.45, 2.75) is 123 Å². The Morgan fingerprint density at radius 1 is 0.600 bits per heavy atom. The molecule has 40 heavy (non-hydrogen) atoms. The molecular weight excluding hydrogens is 495 g/mol. The van der Waals surface area contributed by atoms with Crippen LogP contribution in [0.5, 0.6) is 5.75 Å². The first-order valence-electron chi connectivity index (χ1n) is 16.0. The van der Waals surface area contributed by atoms with Gasteiger partial charge < -0.3 is 4.74 Å². The van der Waals surface area contributed by atoms with Gasteiger partial charge in [0.2, 0.25) is 0 Å². The summed E-state index contributed by atoms with van der Waals surface area (Å²) < 4.78 is 19.9. The van der Waals surface area contributed by atoms with Crippen molar-refractivity contribution in [1.29, 1.82) is 0 Å². The van der Waals surface area contributed by atoms with E-state index in [4.69, 9.17) is 4.74 Å². The summed E-state index contributed by atoms with van der Waals surface area (Å²) in [5, 5.41) is 0. The maximum atomic E-state index is 14.2. The highest BCUT2D eigenvalue weighted by molar-refractivity contribution is 5.64. The fourth-order valence-electron chi connectivity index (χ4n) is 5.07. The van der Waals surface area contributed by atoms with E-state index in [0.29, 0.717) is 18.0 Å². The van der Waals surface area contributed by atoms with Gasteiger partial charge in [-0.2, -0.15) is 0 Å². The van der Waals surface area contributed by atoms with Crippen LogP contribution in [0.1, 0.15) is 116 Å². The molecule has 3 rings (SSSR count). The van der Waals surface area contributed by atoms with Crippen molar-refractivity contribution < 1.29 is 9.13 Å². The molecule has 0 aliphatic carbocycles. The number of hydrogen-bond acceptors (Lipinski definition) is 3. The summed E-state index contributed by atoms with van der Waals surface area (Å²) in [6.45, 7) is 4.59. The van der Waals surface area contributed by atoms with Crippen LogP contribution in [0, 0.1) is 0 Å². The molecule has 3 aromatic rings. The van der Waals surface area contributed by atoms with Crippen molar-refractivity contribution in [2.24, 2.45) is 0 Å². The minimum absolute atomic E-state index is 0.109. The fraction of sp³-hybridized carbons (Fsp3) is 0.556. The minimum Gasteiger partial charge on any atom is -0.491 e. The lowest BCUT2D eigenvalue weighted by Crippen LogP contribution is -2.12. The zero-order chi connectivity index (χ0) is 28.3. The molecule has 1 unspecified atom stereocenters. The molecular formula is C36H51FN2O. The first-order valence-corrected chi connectivity index (χ1v) is 16.0. The number of unbranched alkanes of at least 4 members (excludes halogenated alkanes) is 12. The van der Waals surface area contributed by atoms with E-state index in [0.717, 1.165) is 36.0 Å². The van der Waals surface area contributed by atoms with Crippen molar-refractivity contribution in [1.82, 2.24) is 9.97 Å². The Kier molecular flexibility index (Phi) is 15.4. The first-order chi connectivity index (χ1) is 19.7. The zero-order valence-corrected chi connectivity index (χ0v) is 25.1. The maximum Gasteiger partial charge on any atom is 0.159 e. The summed E-state index contributed by atoms with van der Waals surface area (Å²) in [6, 6.07) is 16.4. The van der Waals surface area contributed by atoms with Crippen molar-refractivity contribution in [2.75, 3.05) is 6.61 Å². The van der Waals surface area contributed by atoms with Crippen molar-refractivity contribution in [3.8, 4) is 28.3 Å². The molecule has 218 valence electrons. The molecule has 2 aromatic carbocycles. The minimum atomic E-state index is -0.916. The molecule has 0 radical (unpaired) electrons. The van der Waals surface area contributed by atoms with E-state index < -0.39 is 6.17 Å². The van der Waals surface area contributed by atoms with E-state index in [1.54, 1.807) is 0 Å². The molecule has 1 atom stereocenters. The Bertz CT molecular complexity index is 1030. The normalized spacial score (nSPS) is 12.0. The van der Waals surface area contributed by atoms with Crippen LogP contribution in [-0.2, 0) is 6.42 Å². The number of alkyl halides is 1. The van der Waals surface area contributed by atoms with Gasteiger partial charge in [-0.3, -0.25) is 0 Å². The second-order valence-corrected chi connectivity index (χ2v) is 11.2. The lowest BCUT2D eigenvalue weighted by Gasteiger charge is -2.11. The summed E-state index contributed by atoms with van der Waals surface area (Å²) in [5.41, 5.74) is 4.47. The number of ether oxygens (including phenoxy) is 1. The van der Waals surface area contributed by atoms with Gasteiger partial charge in [0.25, 0.3) is 0 Å². The third kappa shape index (κ3) is 12.2. The molecule has 0 N–H and O–H groups in total. The molecule has 0 aliphatic rings. The second kappa shape index (κ2) is 19.3. The van der Waals surface area contributed by atoms with Crippen LogP contribution in [0.4, 0.5) is 4.39 Å². The number of rotatable bonds is 21. The maximum absolute atomic E-state index is 14.2. The molecule has 0 aliphatic heterocycles. The SMILES string of the molecule is CCCCCCCCCCc1ccc(-c2cnc(-c3ccc(OCC(F)CCCCCCCC)cc3)nc2)cc1. The number of hydrogen-bond donors (Lipinski definition) is 0. The Labute approximate surface area is 243 Å². The van der Waals surface area contributed by atoms with Gasteiger partial charge >= 0.3 is 0 Å². The molecule has 0 saturated heterocycles. The van der Waals surface area contributed by atoms with E-state index >= 15 is 0 Å². The second-order valence-electron chi connectivity index (χ2n) is 11.2. The Hall–Kier alpha value is -2.75. The van der Waals surface area contributed by atoms with Crippen LogP contribution >= 0.6 is 0 Å². The Balaban J connectivity index is 1.38. The van der Waals surface area contributed by atoms with E-state index in [2.05, 4.69) is 48.1 Å². The number of benzene rings is 2. The Morgan fingerprint density at radius 3 is 1.73 bits per heavy atom. The highest BCUT2D eigenvalue weighted by Gasteiger charge is 2.09. The number of nitrogens with zero attached hydrogens (tertiary/aromatic N) is 2. The van der Waals surface area contributed by atoms with Crippen LogP contribution < -0.4 is 4.74 Å². The summed E-state index contributed by atoms with van der Waals surface area (Å²) in [7, 11) is 0. The number of aryl methyl sites for hydroxylation is 1. The predicted octanol–water partition coefficient (Wildman–Crippen LogP) is 11.0. The summed E-state index contributed by atoms with van der Waals surface area (Å²) >= 11 is 0. The molecule has 0 bridgehead atoms. The summed E-state index contributed by atoms with van der Waals surface area (Å²) in [4.78, 5) is 9.19. The molecule has 0 amide bonds. The lowest BCUT2D eigenvalue weighted by molar-refractivity contribution is 0.184. The van der Waals surface area contributed by atoms with Crippen LogP contribution in [-0.4, -0.2) is 22.7 Å². The summed E-state index contributed by atoms with van der Waals surface area (Å²) in [5.74, 6) is 1.35. The zero-order valence-electron chi connectivity index (χ0n) is 25.1. The van der Waals surface area contributed by atoms with Gasteiger partial charge in [-0.25, -0.2) is 14.4 Å². The van der Waals surface area contributed by atoms with Crippen molar-refractivity contribution >= 4 is 0 Å². The molecule has 0 saturated carbocycles. The topological polar surface area (TPSA) is 35.0 Å². The summed E-state index contributed by atoms with van der Waals surface area (Å²) in [6.07, 6.45) is 22.4. The quantitative estimate of drug-likeness (QED) is 0.125. The van der Waals surface area contributed by atoms with Crippen molar-refractivity contribution in [3.63, 3.8) is 0 Å². The van der Waals surface area contributed by atoms with Gasteiger partial charge in [-0.1, -0.05) is 122 Å². The highest BCUT2D eigenvalue weighted by atomic mass is 19.1. The molecule has 0 fully saturated rings. The molecule has 0 spiro atoms. The largest absolute Gasteiger partial charge is 0.491 e. The van der Waals surface area contributed by atoms with Gasteiger partial charge in [-0.15, -0.1) is 0 Å². The highest BCUT2D eigenvalue weighted by Crippen LogP contribution is 2.24. The van der Waals surface area contributed by atoms with E-state index in [1.165, 1.54) is 82.6 Å². The monoisotopic (exact) mass is 546 g/mol. The van der Waals surface area contributed by atoms with Crippen molar-refractivity contribution in [3.05, 3.63) is 66.5 Å². The van der Waals surface area contributed by atoms with E-state index in [1.807, 2.05) is 36.7 Å². The molecule has 1 heterocycles. The van der Waals surface area contributed by atoms with Crippen LogP contribution in [0.2, 0.25) is 0 Å². The molecule has 3 nitrogen and oxygen atoms in total. The van der Waals surface area contributed by atoms with E-state index in [9.17, 15) is 4.39 Å². The average molecular weight is 547 g/mol. The van der Waals surface area contributed by atoms with Gasteiger partial charge in [0.1, 0.15) is 18.5 Å². The van der Waals surface area contributed by atoms with Crippen LogP contribution in [0.15, 0.2) is 60.9 Å².